The quantitative estimate of drug-likeness (QED) is 0.783. The topological polar surface area (TPSA) is 46.6 Å². The molecule has 1 aliphatic heterocycles. The number of carbonyl (C=O) groups is 2. The van der Waals surface area contributed by atoms with Crippen LogP contribution in [-0.2, 0) is 15.0 Å². The molecule has 4 nitrogen and oxygen atoms in total. The molecule has 1 aliphatic rings. The fourth-order valence-electron chi connectivity index (χ4n) is 2.56. The highest BCUT2D eigenvalue weighted by molar-refractivity contribution is 6.36. The molecule has 0 bridgehead atoms. The smallest absolute Gasteiger partial charge is 0.290 e. The first-order chi connectivity index (χ1) is 10.7. The van der Waals surface area contributed by atoms with Gasteiger partial charge in [-0.3, -0.25) is 9.59 Å². The van der Waals surface area contributed by atoms with Gasteiger partial charge in [0.25, 0.3) is 5.91 Å². The largest absolute Gasteiger partial charge is 0.486 e. The zero-order chi connectivity index (χ0) is 17.2. The molecule has 0 radical (unpaired) electrons. The molecular formula is C18H24FNO3. The summed E-state index contributed by atoms with van der Waals surface area (Å²) in [4.78, 5) is 24.9. The van der Waals surface area contributed by atoms with Crippen LogP contribution in [0.2, 0.25) is 0 Å². The predicted octanol–water partition coefficient (Wildman–Crippen LogP) is 3.08. The fraction of sp³-hybridized carbons (Fsp3) is 0.556. The van der Waals surface area contributed by atoms with Crippen molar-refractivity contribution in [1.29, 1.82) is 0 Å². The Bertz CT molecular complexity index is 601. The molecule has 1 aromatic carbocycles. The van der Waals surface area contributed by atoms with E-state index >= 15 is 0 Å². The summed E-state index contributed by atoms with van der Waals surface area (Å²) < 4.78 is 19.4. The van der Waals surface area contributed by atoms with Crippen LogP contribution in [0.3, 0.4) is 0 Å². The Morgan fingerprint density at radius 1 is 1.30 bits per heavy atom. The van der Waals surface area contributed by atoms with E-state index in [0.29, 0.717) is 25.3 Å². The molecule has 1 aromatic rings. The van der Waals surface area contributed by atoms with Crippen LogP contribution in [-0.4, -0.2) is 35.8 Å². The molecular weight excluding hydrogens is 297 g/mol. The number of benzene rings is 1. The molecule has 0 aromatic heterocycles. The SMILES string of the molecule is CCCC(=O)C(=O)N1CC(Oc2ccc(F)cc2C(C)(C)C)C1. The van der Waals surface area contributed by atoms with Crippen LogP contribution < -0.4 is 4.74 Å². The van der Waals surface area contributed by atoms with E-state index < -0.39 is 5.91 Å². The third kappa shape index (κ3) is 4.09. The number of Topliss-reactive ketones (excluding diaryl/α,β-unsaturated/α-hetero) is 1. The van der Waals surface area contributed by atoms with Crippen LogP contribution in [0.1, 0.15) is 46.1 Å². The minimum atomic E-state index is -0.429. The van der Waals surface area contributed by atoms with Crippen molar-refractivity contribution in [3.05, 3.63) is 29.6 Å². The van der Waals surface area contributed by atoms with E-state index in [1.807, 2.05) is 27.7 Å². The maximum Gasteiger partial charge on any atom is 0.290 e. The van der Waals surface area contributed by atoms with Gasteiger partial charge in [0.2, 0.25) is 5.78 Å². The van der Waals surface area contributed by atoms with E-state index in [1.54, 1.807) is 6.07 Å². The predicted molar refractivity (Wildman–Crippen MR) is 86.0 cm³/mol. The van der Waals surface area contributed by atoms with Crippen LogP contribution in [0.25, 0.3) is 0 Å². The molecule has 0 spiro atoms. The van der Waals surface area contributed by atoms with Gasteiger partial charge in [-0.1, -0.05) is 27.7 Å². The van der Waals surface area contributed by atoms with Gasteiger partial charge >= 0.3 is 0 Å². The molecule has 126 valence electrons. The lowest BCUT2D eigenvalue weighted by molar-refractivity contribution is -0.150. The second-order valence-corrected chi connectivity index (χ2v) is 7.01. The summed E-state index contributed by atoms with van der Waals surface area (Å²) in [6.45, 7) is 8.65. The molecule has 5 heteroatoms. The van der Waals surface area contributed by atoms with Gasteiger partial charge in [-0.15, -0.1) is 0 Å². The van der Waals surface area contributed by atoms with Gasteiger partial charge < -0.3 is 9.64 Å². The van der Waals surface area contributed by atoms with Crippen LogP contribution in [0.5, 0.6) is 5.75 Å². The lowest BCUT2D eigenvalue weighted by atomic mass is 9.86. The zero-order valence-corrected chi connectivity index (χ0v) is 14.2. The Morgan fingerprint density at radius 2 is 1.96 bits per heavy atom. The third-order valence-electron chi connectivity index (χ3n) is 3.89. The molecule has 1 saturated heterocycles. The molecule has 0 saturated carbocycles. The first kappa shape index (κ1) is 17.4. The first-order valence-corrected chi connectivity index (χ1v) is 8.01. The minimum Gasteiger partial charge on any atom is -0.486 e. The summed E-state index contributed by atoms with van der Waals surface area (Å²) in [5.74, 6) is -0.432. The number of carbonyl (C=O) groups excluding carboxylic acids is 2. The normalized spacial score (nSPS) is 15.3. The van der Waals surface area contributed by atoms with Crippen molar-refractivity contribution >= 4 is 11.7 Å². The summed E-state index contributed by atoms with van der Waals surface area (Å²) in [6.07, 6.45) is 0.801. The van der Waals surface area contributed by atoms with E-state index in [2.05, 4.69) is 0 Å². The Hall–Kier alpha value is -1.91. The van der Waals surface area contributed by atoms with E-state index in [1.165, 1.54) is 17.0 Å². The number of halogens is 1. The average Bonchev–Trinajstić information content (AvgIpc) is 2.42. The number of likely N-dealkylation sites (tertiary alicyclic amines) is 1. The highest BCUT2D eigenvalue weighted by Gasteiger charge is 2.35. The Morgan fingerprint density at radius 3 is 2.52 bits per heavy atom. The molecule has 1 fully saturated rings. The highest BCUT2D eigenvalue weighted by Crippen LogP contribution is 2.33. The lowest BCUT2D eigenvalue weighted by Crippen LogP contribution is -2.57. The second-order valence-electron chi connectivity index (χ2n) is 7.01. The van der Waals surface area contributed by atoms with Gasteiger partial charge in [0.15, 0.2) is 0 Å². The van der Waals surface area contributed by atoms with Crippen molar-refractivity contribution in [2.45, 2.75) is 52.1 Å². The summed E-state index contributed by atoms with van der Waals surface area (Å²) in [6, 6.07) is 4.49. The Balaban J connectivity index is 1.99. The summed E-state index contributed by atoms with van der Waals surface area (Å²) in [7, 11) is 0. The molecule has 23 heavy (non-hydrogen) atoms. The van der Waals surface area contributed by atoms with Gasteiger partial charge in [0.1, 0.15) is 17.7 Å². The van der Waals surface area contributed by atoms with Gasteiger partial charge in [0, 0.05) is 12.0 Å². The van der Waals surface area contributed by atoms with Crippen molar-refractivity contribution < 1.29 is 18.7 Å². The number of amides is 1. The maximum absolute atomic E-state index is 13.5. The summed E-state index contributed by atoms with van der Waals surface area (Å²) in [5.41, 5.74) is 0.553. The molecule has 0 N–H and O–H groups in total. The van der Waals surface area contributed by atoms with E-state index in [4.69, 9.17) is 4.74 Å². The molecule has 2 rings (SSSR count). The van der Waals surface area contributed by atoms with Crippen molar-refractivity contribution in [2.75, 3.05) is 13.1 Å². The lowest BCUT2D eigenvalue weighted by Gasteiger charge is -2.39. The van der Waals surface area contributed by atoms with Gasteiger partial charge in [0.05, 0.1) is 13.1 Å². The van der Waals surface area contributed by atoms with Crippen molar-refractivity contribution in [3.8, 4) is 5.75 Å². The second kappa shape index (κ2) is 6.69. The van der Waals surface area contributed by atoms with Crippen LogP contribution >= 0.6 is 0 Å². The van der Waals surface area contributed by atoms with E-state index in [-0.39, 0.29) is 29.5 Å². The number of rotatable bonds is 5. The Labute approximate surface area is 136 Å². The maximum atomic E-state index is 13.5. The number of hydrogen-bond donors (Lipinski definition) is 0. The summed E-state index contributed by atoms with van der Waals surface area (Å²) in [5, 5.41) is 0. The van der Waals surface area contributed by atoms with Crippen molar-refractivity contribution in [1.82, 2.24) is 4.90 Å². The van der Waals surface area contributed by atoms with Gasteiger partial charge in [-0.05, 0) is 30.0 Å². The van der Waals surface area contributed by atoms with Crippen LogP contribution in [0, 0.1) is 5.82 Å². The number of ketones is 1. The fourth-order valence-corrected chi connectivity index (χ4v) is 2.56. The third-order valence-corrected chi connectivity index (χ3v) is 3.89. The summed E-state index contributed by atoms with van der Waals surface area (Å²) >= 11 is 0. The molecule has 0 unspecified atom stereocenters. The molecule has 0 atom stereocenters. The zero-order valence-electron chi connectivity index (χ0n) is 14.2. The monoisotopic (exact) mass is 321 g/mol. The number of hydrogen-bond acceptors (Lipinski definition) is 3. The van der Waals surface area contributed by atoms with E-state index in [9.17, 15) is 14.0 Å². The molecule has 1 heterocycles. The highest BCUT2D eigenvalue weighted by atomic mass is 19.1. The number of nitrogens with zero attached hydrogens (tertiary/aromatic N) is 1. The van der Waals surface area contributed by atoms with Gasteiger partial charge in [-0.2, -0.15) is 0 Å². The average molecular weight is 321 g/mol. The van der Waals surface area contributed by atoms with Gasteiger partial charge in [-0.25, -0.2) is 4.39 Å². The first-order valence-electron chi connectivity index (χ1n) is 8.01. The van der Waals surface area contributed by atoms with Crippen LogP contribution in [0.4, 0.5) is 4.39 Å². The van der Waals surface area contributed by atoms with Crippen LogP contribution in [0.15, 0.2) is 18.2 Å². The number of ether oxygens (including phenoxy) is 1. The van der Waals surface area contributed by atoms with E-state index in [0.717, 1.165) is 5.56 Å². The molecule has 1 amide bonds. The minimum absolute atomic E-state index is 0.153. The van der Waals surface area contributed by atoms with Crippen molar-refractivity contribution in [3.63, 3.8) is 0 Å². The molecule has 0 aliphatic carbocycles. The van der Waals surface area contributed by atoms with Crippen molar-refractivity contribution in [2.24, 2.45) is 0 Å². The Kier molecular flexibility index (Phi) is 5.07. The standard InChI is InChI=1S/C18H24FNO3/c1-5-6-15(21)17(22)20-10-13(11-20)23-16-8-7-12(19)9-14(16)18(2,3)4/h7-9,13H,5-6,10-11H2,1-4H3.